The molecule has 1 aliphatic heterocycles. The molecule has 2 aromatic carbocycles. The summed E-state index contributed by atoms with van der Waals surface area (Å²) in [5.74, 6) is -0.985. The lowest BCUT2D eigenvalue weighted by molar-refractivity contribution is -0.124. The Balaban J connectivity index is 1.46. The molecular formula is C23H22ClN3O3S2. The molecule has 0 saturated carbocycles. The predicted molar refractivity (Wildman–Crippen MR) is 132 cm³/mol. The molecule has 1 saturated heterocycles. The highest BCUT2D eigenvalue weighted by Crippen LogP contribution is 2.32. The van der Waals surface area contributed by atoms with E-state index in [2.05, 4.69) is 17.8 Å². The van der Waals surface area contributed by atoms with E-state index < -0.39 is 5.91 Å². The zero-order valence-corrected chi connectivity index (χ0v) is 19.8. The first-order chi connectivity index (χ1) is 15.4. The topological polar surface area (TPSA) is 78.5 Å². The molecule has 32 heavy (non-hydrogen) atoms. The fraction of sp³-hybridized carbons (Fsp3) is 0.217. The van der Waals surface area contributed by atoms with Gasteiger partial charge in [0, 0.05) is 23.6 Å². The first kappa shape index (κ1) is 24.0. The maximum absolute atomic E-state index is 12.7. The monoisotopic (exact) mass is 487 g/mol. The van der Waals surface area contributed by atoms with E-state index in [9.17, 15) is 14.4 Å². The van der Waals surface area contributed by atoms with Crippen LogP contribution in [0.1, 0.15) is 41.3 Å². The number of benzene rings is 2. The number of halogens is 1. The third kappa shape index (κ3) is 6.41. The second-order valence-electron chi connectivity index (χ2n) is 7.04. The smallest absolute Gasteiger partial charge is 0.269 e. The zero-order valence-electron chi connectivity index (χ0n) is 17.4. The molecule has 0 aromatic heterocycles. The molecule has 1 heterocycles. The van der Waals surface area contributed by atoms with Crippen molar-refractivity contribution in [3.63, 3.8) is 0 Å². The summed E-state index contributed by atoms with van der Waals surface area (Å²) >= 11 is 12.5. The van der Waals surface area contributed by atoms with Gasteiger partial charge in [-0.2, -0.15) is 0 Å². The summed E-state index contributed by atoms with van der Waals surface area (Å²) in [4.78, 5) is 38.8. The number of thiocarbonyl (C=S) groups is 1. The summed E-state index contributed by atoms with van der Waals surface area (Å²) in [6.07, 6.45) is 3.32. The van der Waals surface area contributed by atoms with Crippen LogP contribution < -0.4 is 10.9 Å². The van der Waals surface area contributed by atoms with Crippen molar-refractivity contribution in [2.45, 2.75) is 26.2 Å². The predicted octanol–water partition coefficient (Wildman–Crippen LogP) is 4.35. The Bertz CT molecular complexity index is 1070. The Morgan fingerprint density at radius 3 is 2.59 bits per heavy atom. The van der Waals surface area contributed by atoms with Gasteiger partial charge >= 0.3 is 0 Å². The average molecular weight is 488 g/mol. The Labute approximate surface area is 201 Å². The van der Waals surface area contributed by atoms with E-state index in [0.717, 1.165) is 12.0 Å². The van der Waals surface area contributed by atoms with E-state index >= 15 is 0 Å². The van der Waals surface area contributed by atoms with Crippen LogP contribution in [0.2, 0.25) is 5.02 Å². The van der Waals surface area contributed by atoms with Crippen LogP contribution in [0.25, 0.3) is 6.08 Å². The van der Waals surface area contributed by atoms with E-state index in [1.165, 1.54) is 28.3 Å². The number of nitrogens with zero attached hydrogens (tertiary/aromatic N) is 1. The molecule has 0 unspecified atom stereocenters. The molecular weight excluding hydrogens is 466 g/mol. The van der Waals surface area contributed by atoms with Crippen molar-refractivity contribution in [1.82, 2.24) is 15.8 Å². The van der Waals surface area contributed by atoms with Crippen LogP contribution in [0, 0.1) is 0 Å². The summed E-state index contributed by atoms with van der Waals surface area (Å²) in [6, 6.07) is 14.4. The second-order valence-corrected chi connectivity index (χ2v) is 9.16. The number of hydrogen-bond acceptors (Lipinski definition) is 5. The van der Waals surface area contributed by atoms with Crippen LogP contribution in [0.15, 0.2) is 53.4 Å². The maximum atomic E-state index is 12.7. The minimum Gasteiger partial charge on any atom is -0.293 e. The lowest BCUT2D eigenvalue weighted by Crippen LogP contribution is -2.41. The van der Waals surface area contributed by atoms with Crippen LogP contribution in [0.4, 0.5) is 0 Å². The summed E-state index contributed by atoms with van der Waals surface area (Å²) in [5.41, 5.74) is 7.23. The molecule has 0 spiro atoms. The normalized spacial score (nSPS) is 14.7. The third-order valence-corrected chi connectivity index (χ3v) is 6.36. The number of aryl methyl sites for hydroxylation is 1. The average Bonchev–Trinajstić information content (AvgIpc) is 3.05. The number of hydrogen-bond donors (Lipinski definition) is 2. The Hall–Kier alpha value is -2.68. The van der Waals surface area contributed by atoms with Crippen molar-refractivity contribution >= 4 is 63.7 Å². The first-order valence-electron chi connectivity index (χ1n) is 10.1. The van der Waals surface area contributed by atoms with Gasteiger partial charge in [-0.25, -0.2) is 0 Å². The molecule has 0 atom stereocenters. The van der Waals surface area contributed by atoms with Crippen LogP contribution in [0.5, 0.6) is 0 Å². The molecule has 3 amide bonds. The summed E-state index contributed by atoms with van der Waals surface area (Å²) in [5, 5.41) is 0.430. The molecule has 2 aromatic rings. The number of carbonyl (C=O) groups excluding carboxylic acids is 3. The number of carbonyl (C=O) groups is 3. The van der Waals surface area contributed by atoms with E-state index in [1.807, 2.05) is 30.3 Å². The molecule has 3 rings (SSSR count). The molecule has 0 radical (unpaired) electrons. The summed E-state index contributed by atoms with van der Waals surface area (Å²) in [7, 11) is 0. The first-order valence-corrected chi connectivity index (χ1v) is 11.7. The molecule has 2 N–H and O–H groups in total. The Kier molecular flexibility index (Phi) is 8.44. The van der Waals surface area contributed by atoms with E-state index in [-0.39, 0.29) is 18.2 Å². The summed E-state index contributed by atoms with van der Waals surface area (Å²) < 4.78 is 0.473. The fourth-order valence-corrected chi connectivity index (χ4v) is 4.48. The molecule has 9 heteroatoms. The van der Waals surface area contributed by atoms with Crippen LogP contribution >= 0.6 is 35.6 Å². The van der Waals surface area contributed by atoms with Crippen molar-refractivity contribution < 1.29 is 14.4 Å². The highest BCUT2D eigenvalue weighted by Gasteiger charge is 2.31. The SMILES string of the molecule is CCc1ccc(/C=C2/SC(=S)N(CCCC(=O)NNC(=O)c3cccc(Cl)c3)C2=O)cc1. The lowest BCUT2D eigenvalue weighted by atomic mass is 10.1. The third-order valence-electron chi connectivity index (χ3n) is 4.75. The van der Waals surface area contributed by atoms with Gasteiger partial charge in [0.1, 0.15) is 4.32 Å². The van der Waals surface area contributed by atoms with Gasteiger partial charge in [0.15, 0.2) is 0 Å². The summed E-state index contributed by atoms with van der Waals surface area (Å²) in [6.45, 7) is 2.42. The fourth-order valence-electron chi connectivity index (χ4n) is 2.98. The van der Waals surface area contributed by atoms with Gasteiger partial charge in [-0.15, -0.1) is 0 Å². The van der Waals surface area contributed by atoms with E-state index in [4.69, 9.17) is 23.8 Å². The number of nitrogens with one attached hydrogen (secondary N) is 2. The number of amides is 3. The molecule has 0 aliphatic carbocycles. The molecule has 1 fully saturated rings. The van der Waals surface area contributed by atoms with Gasteiger partial charge in [0.25, 0.3) is 11.8 Å². The van der Waals surface area contributed by atoms with Gasteiger partial charge in [0.2, 0.25) is 5.91 Å². The zero-order chi connectivity index (χ0) is 23.1. The van der Waals surface area contributed by atoms with Gasteiger partial charge < -0.3 is 0 Å². The quantitative estimate of drug-likeness (QED) is 0.345. The maximum Gasteiger partial charge on any atom is 0.269 e. The largest absolute Gasteiger partial charge is 0.293 e. The molecule has 166 valence electrons. The Morgan fingerprint density at radius 1 is 1.16 bits per heavy atom. The molecule has 0 bridgehead atoms. The van der Waals surface area contributed by atoms with Crippen molar-refractivity contribution in [2.24, 2.45) is 0 Å². The standard InChI is InChI=1S/C23H22ClN3O3S2/c1-2-15-8-10-16(11-9-15)13-19-22(30)27(23(31)32-19)12-4-7-20(28)25-26-21(29)17-5-3-6-18(24)14-17/h3,5-6,8-11,13-14H,2,4,7,12H2,1H3,(H,25,28)(H,26,29)/b19-13+. The van der Waals surface area contributed by atoms with Crippen LogP contribution in [-0.4, -0.2) is 33.5 Å². The Morgan fingerprint density at radius 2 is 1.91 bits per heavy atom. The van der Waals surface area contributed by atoms with Gasteiger partial charge in [-0.05, 0) is 48.2 Å². The highest BCUT2D eigenvalue weighted by atomic mass is 35.5. The number of hydrazine groups is 1. The molecule has 6 nitrogen and oxygen atoms in total. The number of rotatable bonds is 7. The van der Waals surface area contributed by atoms with Crippen molar-refractivity contribution in [3.05, 3.63) is 75.1 Å². The van der Waals surface area contributed by atoms with Gasteiger partial charge in [-0.3, -0.25) is 30.1 Å². The van der Waals surface area contributed by atoms with Gasteiger partial charge in [-0.1, -0.05) is 72.8 Å². The number of thioether (sulfide) groups is 1. The second kappa shape index (κ2) is 11.3. The van der Waals surface area contributed by atoms with Crippen LogP contribution in [-0.2, 0) is 16.0 Å². The molecule has 1 aliphatic rings. The minimum absolute atomic E-state index is 0.129. The van der Waals surface area contributed by atoms with E-state index in [1.54, 1.807) is 18.2 Å². The van der Waals surface area contributed by atoms with Crippen LogP contribution in [0.3, 0.4) is 0 Å². The highest BCUT2D eigenvalue weighted by molar-refractivity contribution is 8.26. The van der Waals surface area contributed by atoms with Crippen molar-refractivity contribution in [1.29, 1.82) is 0 Å². The minimum atomic E-state index is -0.463. The lowest BCUT2D eigenvalue weighted by Gasteiger charge is -2.14. The van der Waals surface area contributed by atoms with Gasteiger partial charge in [0.05, 0.1) is 4.91 Å². The van der Waals surface area contributed by atoms with Crippen molar-refractivity contribution in [2.75, 3.05) is 6.54 Å². The van der Waals surface area contributed by atoms with Crippen molar-refractivity contribution in [3.8, 4) is 0 Å². The van der Waals surface area contributed by atoms with E-state index in [0.29, 0.717) is 32.8 Å².